The van der Waals surface area contributed by atoms with Gasteiger partial charge in [-0.2, -0.15) is 0 Å². The van der Waals surface area contributed by atoms with Crippen molar-refractivity contribution < 1.29 is 14.5 Å². The number of carbonyl (C=O) groups excluding carboxylic acids is 1. The molecule has 0 aliphatic heterocycles. The topological polar surface area (TPSA) is 131 Å². The number of amides is 1. The van der Waals surface area contributed by atoms with E-state index in [-0.39, 0.29) is 11.6 Å². The van der Waals surface area contributed by atoms with Crippen molar-refractivity contribution in [3.8, 4) is 5.75 Å². The second kappa shape index (κ2) is 9.13. The average molecular weight is 394 g/mol. The molecule has 10 heteroatoms. The Bertz CT molecular complexity index is 1010. The standard InChI is InChI=1S/C19H18N6O4/c1-2-29-15-11-7-6-10-14(15)22-17-16(25(27)28)18(21-12-20-17)23-24-19(26)13-8-4-3-5-9-13/h3-12H,2H2,1H3,(H,24,26)(H2,20,21,22,23). The van der Waals surface area contributed by atoms with Crippen LogP contribution in [0.4, 0.5) is 23.0 Å². The van der Waals surface area contributed by atoms with E-state index < -0.39 is 16.5 Å². The van der Waals surface area contributed by atoms with Gasteiger partial charge in [-0.3, -0.25) is 25.8 Å². The fraction of sp³-hybridized carbons (Fsp3) is 0.105. The Morgan fingerprint density at radius 2 is 1.76 bits per heavy atom. The Morgan fingerprint density at radius 1 is 1.07 bits per heavy atom. The molecule has 1 amide bonds. The molecule has 1 aromatic heterocycles. The summed E-state index contributed by atoms with van der Waals surface area (Å²) in [5.74, 6) is -0.149. The third kappa shape index (κ3) is 4.75. The van der Waals surface area contributed by atoms with Crippen molar-refractivity contribution in [3.05, 3.63) is 76.6 Å². The van der Waals surface area contributed by atoms with Crippen LogP contribution in [-0.4, -0.2) is 27.4 Å². The van der Waals surface area contributed by atoms with Crippen LogP contribution in [-0.2, 0) is 0 Å². The maximum absolute atomic E-state index is 12.2. The van der Waals surface area contributed by atoms with E-state index in [0.717, 1.165) is 6.33 Å². The molecule has 3 N–H and O–H groups in total. The minimum Gasteiger partial charge on any atom is -0.492 e. The first-order valence-corrected chi connectivity index (χ1v) is 8.69. The highest BCUT2D eigenvalue weighted by molar-refractivity contribution is 5.95. The summed E-state index contributed by atoms with van der Waals surface area (Å²) in [6, 6.07) is 15.4. The van der Waals surface area contributed by atoms with Crippen LogP contribution >= 0.6 is 0 Å². The highest BCUT2D eigenvalue weighted by Gasteiger charge is 2.24. The summed E-state index contributed by atoms with van der Waals surface area (Å²) in [5.41, 5.74) is 5.37. The van der Waals surface area contributed by atoms with Crippen LogP contribution in [0.5, 0.6) is 5.75 Å². The number of anilines is 3. The number of hydrazine groups is 1. The normalized spacial score (nSPS) is 10.1. The molecule has 0 atom stereocenters. The summed E-state index contributed by atoms with van der Waals surface area (Å²) in [5, 5.41) is 14.6. The van der Waals surface area contributed by atoms with Gasteiger partial charge in [0.2, 0.25) is 11.6 Å². The average Bonchev–Trinajstić information content (AvgIpc) is 2.74. The van der Waals surface area contributed by atoms with E-state index in [2.05, 4.69) is 26.1 Å². The van der Waals surface area contributed by atoms with Crippen LogP contribution in [0.1, 0.15) is 17.3 Å². The Balaban J connectivity index is 1.85. The molecule has 3 rings (SSSR count). The summed E-state index contributed by atoms with van der Waals surface area (Å²) < 4.78 is 5.52. The molecule has 0 saturated carbocycles. The molecule has 29 heavy (non-hydrogen) atoms. The first-order valence-electron chi connectivity index (χ1n) is 8.69. The summed E-state index contributed by atoms with van der Waals surface area (Å²) >= 11 is 0. The molecule has 0 saturated heterocycles. The molecule has 0 spiro atoms. The Hall–Kier alpha value is -4.21. The number of nitro groups is 1. The molecular formula is C19H18N6O4. The fourth-order valence-electron chi connectivity index (χ4n) is 2.49. The van der Waals surface area contributed by atoms with E-state index in [9.17, 15) is 14.9 Å². The number of aromatic nitrogens is 2. The van der Waals surface area contributed by atoms with E-state index in [1.807, 2.05) is 6.92 Å². The molecule has 0 aliphatic rings. The molecule has 148 valence electrons. The minimum absolute atomic E-state index is 0.0476. The quantitative estimate of drug-likeness (QED) is 0.392. The van der Waals surface area contributed by atoms with Crippen molar-refractivity contribution in [2.24, 2.45) is 0 Å². The number of ether oxygens (including phenoxy) is 1. The molecule has 10 nitrogen and oxygen atoms in total. The Morgan fingerprint density at radius 3 is 2.48 bits per heavy atom. The smallest absolute Gasteiger partial charge is 0.355 e. The van der Waals surface area contributed by atoms with Crippen molar-refractivity contribution in [3.63, 3.8) is 0 Å². The molecule has 1 heterocycles. The number of hydrogen-bond donors (Lipinski definition) is 3. The maximum Gasteiger partial charge on any atom is 0.355 e. The first kappa shape index (κ1) is 19.5. The summed E-state index contributed by atoms with van der Waals surface area (Å²) in [6.07, 6.45) is 1.15. The molecule has 0 bridgehead atoms. The van der Waals surface area contributed by atoms with Crippen molar-refractivity contribution in [2.45, 2.75) is 6.92 Å². The highest BCUT2D eigenvalue weighted by Crippen LogP contribution is 2.33. The van der Waals surface area contributed by atoms with Gasteiger partial charge in [-0.1, -0.05) is 30.3 Å². The highest BCUT2D eigenvalue weighted by atomic mass is 16.6. The fourth-order valence-corrected chi connectivity index (χ4v) is 2.49. The molecule has 0 aliphatic carbocycles. The summed E-state index contributed by atoms with van der Waals surface area (Å²) in [7, 11) is 0. The minimum atomic E-state index is -0.636. The molecule has 2 aromatic carbocycles. The van der Waals surface area contributed by atoms with E-state index >= 15 is 0 Å². The zero-order chi connectivity index (χ0) is 20.6. The molecule has 0 radical (unpaired) electrons. The van der Waals surface area contributed by atoms with E-state index in [1.165, 1.54) is 0 Å². The SMILES string of the molecule is CCOc1ccccc1Nc1ncnc(NNC(=O)c2ccccc2)c1[N+](=O)[O-]. The maximum atomic E-state index is 12.2. The van der Waals surface area contributed by atoms with E-state index in [0.29, 0.717) is 23.6 Å². The second-order valence-corrected chi connectivity index (χ2v) is 5.68. The van der Waals surface area contributed by atoms with Gasteiger partial charge in [0.25, 0.3) is 5.91 Å². The van der Waals surface area contributed by atoms with E-state index in [4.69, 9.17) is 4.74 Å². The number of rotatable bonds is 8. The van der Waals surface area contributed by atoms with Gasteiger partial charge in [0.15, 0.2) is 0 Å². The van der Waals surface area contributed by atoms with Crippen LogP contribution in [0, 0.1) is 10.1 Å². The Labute approximate surface area is 166 Å². The van der Waals surface area contributed by atoms with Gasteiger partial charge in [0.05, 0.1) is 17.2 Å². The molecule has 0 unspecified atom stereocenters. The Kier molecular flexibility index (Phi) is 6.15. The predicted molar refractivity (Wildman–Crippen MR) is 107 cm³/mol. The lowest BCUT2D eigenvalue weighted by atomic mass is 10.2. The second-order valence-electron chi connectivity index (χ2n) is 5.68. The zero-order valence-corrected chi connectivity index (χ0v) is 15.5. The van der Waals surface area contributed by atoms with Crippen LogP contribution < -0.4 is 20.9 Å². The zero-order valence-electron chi connectivity index (χ0n) is 15.5. The lowest BCUT2D eigenvalue weighted by Gasteiger charge is -2.13. The molecule has 0 fully saturated rings. The third-order valence-corrected chi connectivity index (χ3v) is 3.78. The van der Waals surface area contributed by atoms with Crippen molar-refractivity contribution in [1.82, 2.24) is 15.4 Å². The van der Waals surface area contributed by atoms with Gasteiger partial charge in [0, 0.05) is 5.56 Å². The van der Waals surface area contributed by atoms with Gasteiger partial charge in [-0.05, 0) is 31.2 Å². The number of carbonyl (C=O) groups is 1. The first-order chi connectivity index (χ1) is 14.1. The van der Waals surface area contributed by atoms with Gasteiger partial charge in [0.1, 0.15) is 12.1 Å². The third-order valence-electron chi connectivity index (χ3n) is 3.78. The number of hydrogen-bond acceptors (Lipinski definition) is 8. The number of nitrogens with zero attached hydrogens (tertiary/aromatic N) is 3. The van der Waals surface area contributed by atoms with Crippen LogP contribution in [0.15, 0.2) is 60.9 Å². The summed E-state index contributed by atoms with van der Waals surface area (Å²) in [6.45, 7) is 2.27. The van der Waals surface area contributed by atoms with Crippen LogP contribution in [0.25, 0.3) is 0 Å². The monoisotopic (exact) mass is 394 g/mol. The van der Waals surface area contributed by atoms with E-state index in [1.54, 1.807) is 54.6 Å². The number of para-hydroxylation sites is 2. The van der Waals surface area contributed by atoms with Gasteiger partial charge in [-0.25, -0.2) is 9.97 Å². The largest absolute Gasteiger partial charge is 0.492 e. The molecule has 3 aromatic rings. The van der Waals surface area contributed by atoms with Crippen LogP contribution in [0.3, 0.4) is 0 Å². The van der Waals surface area contributed by atoms with Crippen molar-refractivity contribution in [1.29, 1.82) is 0 Å². The van der Waals surface area contributed by atoms with Gasteiger partial charge < -0.3 is 10.1 Å². The number of benzene rings is 2. The predicted octanol–water partition coefficient (Wildman–Crippen LogP) is 3.28. The van der Waals surface area contributed by atoms with Gasteiger partial charge >= 0.3 is 5.69 Å². The number of nitrogens with one attached hydrogen (secondary N) is 3. The van der Waals surface area contributed by atoms with Gasteiger partial charge in [-0.15, -0.1) is 0 Å². The lowest BCUT2D eigenvalue weighted by Crippen LogP contribution is -2.30. The van der Waals surface area contributed by atoms with Crippen molar-refractivity contribution in [2.75, 3.05) is 17.3 Å². The van der Waals surface area contributed by atoms with Crippen LogP contribution in [0.2, 0.25) is 0 Å². The summed E-state index contributed by atoms with van der Waals surface area (Å²) in [4.78, 5) is 31.0. The van der Waals surface area contributed by atoms with Crippen molar-refractivity contribution >= 4 is 28.9 Å². The molecular weight excluding hydrogens is 376 g/mol. The lowest BCUT2D eigenvalue weighted by molar-refractivity contribution is -0.383.